The molecule has 1 aromatic rings. The number of halogens is 1. The summed E-state index contributed by atoms with van der Waals surface area (Å²) in [5.41, 5.74) is 1.82. The topological polar surface area (TPSA) is 49.8 Å². The van der Waals surface area contributed by atoms with Crippen molar-refractivity contribution in [2.45, 2.75) is 32.4 Å². The standard InChI is InChI=1S/C16H20ClNO3/c1-3-14-10-21-11(2)9-18(14)15-6-5-13(17)8-12(15)4-7-16(19)20/h4-8,11,14H,3,9-10H2,1-2H3,(H,19,20)/b7-4+. The highest BCUT2D eigenvalue weighted by molar-refractivity contribution is 6.30. The fourth-order valence-electron chi connectivity index (χ4n) is 2.56. The monoisotopic (exact) mass is 309 g/mol. The fourth-order valence-corrected chi connectivity index (χ4v) is 2.74. The number of hydrogen-bond acceptors (Lipinski definition) is 3. The smallest absolute Gasteiger partial charge is 0.328 e. The molecule has 0 spiro atoms. The Morgan fingerprint density at radius 3 is 3.00 bits per heavy atom. The van der Waals surface area contributed by atoms with E-state index in [1.165, 1.54) is 0 Å². The van der Waals surface area contributed by atoms with Crippen molar-refractivity contribution in [3.05, 3.63) is 34.9 Å². The molecule has 2 atom stereocenters. The maximum atomic E-state index is 10.8. The molecular weight excluding hydrogens is 290 g/mol. The number of carbonyl (C=O) groups is 1. The number of nitrogens with zero attached hydrogens (tertiary/aromatic N) is 1. The summed E-state index contributed by atoms with van der Waals surface area (Å²) in [6.45, 7) is 5.64. The summed E-state index contributed by atoms with van der Waals surface area (Å²) >= 11 is 6.05. The van der Waals surface area contributed by atoms with E-state index in [0.717, 1.165) is 30.3 Å². The molecule has 2 rings (SSSR count). The van der Waals surface area contributed by atoms with Crippen molar-refractivity contribution in [1.29, 1.82) is 0 Å². The van der Waals surface area contributed by atoms with E-state index in [4.69, 9.17) is 21.4 Å². The van der Waals surface area contributed by atoms with Crippen molar-refractivity contribution in [1.82, 2.24) is 0 Å². The van der Waals surface area contributed by atoms with Crippen molar-refractivity contribution in [2.24, 2.45) is 0 Å². The summed E-state index contributed by atoms with van der Waals surface area (Å²) < 4.78 is 5.71. The molecule has 21 heavy (non-hydrogen) atoms. The van der Waals surface area contributed by atoms with Crippen molar-refractivity contribution in [3.8, 4) is 0 Å². The minimum atomic E-state index is -0.969. The van der Waals surface area contributed by atoms with E-state index < -0.39 is 5.97 Å². The van der Waals surface area contributed by atoms with Crippen molar-refractivity contribution in [3.63, 3.8) is 0 Å². The SMILES string of the molecule is CCC1COC(C)CN1c1ccc(Cl)cc1/C=C/C(=O)O. The van der Waals surface area contributed by atoms with Crippen molar-refractivity contribution in [2.75, 3.05) is 18.1 Å². The predicted octanol–water partition coefficient (Wildman–Crippen LogP) is 3.44. The number of carboxylic acids is 1. The fraction of sp³-hybridized carbons (Fsp3) is 0.438. The molecule has 1 aromatic carbocycles. The van der Waals surface area contributed by atoms with Crippen LogP contribution in [-0.4, -0.2) is 36.4 Å². The first kappa shape index (κ1) is 15.9. The van der Waals surface area contributed by atoms with Crippen LogP contribution in [-0.2, 0) is 9.53 Å². The van der Waals surface area contributed by atoms with Crippen molar-refractivity contribution >= 4 is 29.3 Å². The van der Waals surface area contributed by atoms with Gasteiger partial charge in [0.25, 0.3) is 0 Å². The Hall–Kier alpha value is -1.52. The molecule has 2 unspecified atom stereocenters. The molecule has 0 bridgehead atoms. The molecular formula is C16H20ClNO3. The molecule has 0 saturated carbocycles. The minimum Gasteiger partial charge on any atom is -0.478 e. The molecule has 0 aromatic heterocycles. The van der Waals surface area contributed by atoms with Crippen LogP contribution in [0.2, 0.25) is 5.02 Å². The summed E-state index contributed by atoms with van der Waals surface area (Å²) in [4.78, 5) is 13.0. The van der Waals surface area contributed by atoms with Gasteiger partial charge in [-0.2, -0.15) is 0 Å². The van der Waals surface area contributed by atoms with E-state index in [0.29, 0.717) is 17.7 Å². The second kappa shape index (κ2) is 6.96. The van der Waals surface area contributed by atoms with Gasteiger partial charge in [0.05, 0.1) is 18.8 Å². The van der Waals surface area contributed by atoms with Gasteiger partial charge in [0.2, 0.25) is 0 Å². The number of hydrogen-bond donors (Lipinski definition) is 1. The van der Waals surface area contributed by atoms with Gasteiger partial charge in [0, 0.05) is 23.3 Å². The maximum Gasteiger partial charge on any atom is 0.328 e. The number of carboxylic acid groups (broad SMARTS) is 1. The van der Waals surface area contributed by atoms with E-state index in [-0.39, 0.29) is 6.10 Å². The number of anilines is 1. The second-order valence-corrected chi connectivity index (χ2v) is 5.67. The van der Waals surface area contributed by atoms with Gasteiger partial charge < -0.3 is 14.7 Å². The molecule has 114 valence electrons. The Morgan fingerprint density at radius 2 is 2.33 bits per heavy atom. The van der Waals surface area contributed by atoms with Crippen LogP contribution >= 0.6 is 11.6 Å². The number of ether oxygens (including phenoxy) is 1. The second-order valence-electron chi connectivity index (χ2n) is 5.23. The maximum absolute atomic E-state index is 10.8. The van der Waals surface area contributed by atoms with Gasteiger partial charge >= 0.3 is 5.97 Å². The first-order valence-corrected chi connectivity index (χ1v) is 7.48. The Balaban J connectivity index is 2.38. The van der Waals surface area contributed by atoms with Crippen LogP contribution in [0.3, 0.4) is 0 Å². The number of aliphatic carboxylic acids is 1. The van der Waals surface area contributed by atoms with Gasteiger partial charge in [-0.15, -0.1) is 0 Å². The average molecular weight is 310 g/mol. The normalized spacial score (nSPS) is 22.7. The lowest BCUT2D eigenvalue weighted by Gasteiger charge is -2.40. The van der Waals surface area contributed by atoms with E-state index in [2.05, 4.69) is 11.8 Å². The van der Waals surface area contributed by atoms with Crippen LogP contribution < -0.4 is 4.90 Å². The number of rotatable bonds is 4. The molecule has 0 amide bonds. The summed E-state index contributed by atoms with van der Waals surface area (Å²) in [6.07, 6.45) is 3.85. The summed E-state index contributed by atoms with van der Waals surface area (Å²) in [5, 5.41) is 9.43. The van der Waals surface area contributed by atoms with Crippen LogP contribution in [0.25, 0.3) is 6.08 Å². The van der Waals surface area contributed by atoms with Gasteiger partial charge in [-0.1, -0.05) is 18.5 Å². The first-order valence-electron chi connectivity index (χ1n) is 7.10. The van der Waals surface area contributed by atoms with Gasteiger partial charge in [-0.05, 0) is 43.2 Å². The van der Waals surface area contributed by atoms with Gasteiger partial charge in [0.15, 0.2) is 0 Å². The predicted molar refractivity (Wildman–Crippen MR) is 85.0 cm³/mol. The molecule has 1 heterocycles. The quantitative estimate of drug-likeness (QED) is 0.866. The third-order valence-corrected chi connectivity index (χ3v) is 3.88. The summed E-state index contributed by atoms with van der Waals surface area (Å²) in [7, 11) is 0. The zero-order chi connectivity index (χ0) is 15.4. The average Bonchev–Trinajstić information content (AvgIpc) is 2.45. The highest BCUT2D eigenvalue weighted by Crippen LogP contribution is 2.30. The van der Waals surface area contributed by atoms with Crippen LogP contribution in [0.15, 0.2) is 24.3 Å². The highest BCUT2D eigenvalue weighted by atomic mass is 35.5. The molecule has 1 fully saturated rings. The summed E-state index contributed by atoms with van der Waals surface area (Å²) in [5.74, 6) is -0.969. The molecule has 4 nitrogen and oxygen atoms in total. The largest absolute Gasteiger partial charge is 0.478 e. The lowest BCUT2D eigenvalue weighted by atomic mass is 10.1. The zero-order valence-corrected chi connectivity index (χ0v) is 13.0. The molecule has 1 saturated heterocycles. The lowest BCUT2D eigenvalue weighted by Crippen LogP contribution is -2.49. The van der Waals surface area contributed by atoms with Gasteiger partial charge in [-0.25, -0.2) is 4.79 Å². The molecule has 1 N–H and O–H groups in total. The van der Waals surface area contributed by atoms with Gasteiger partial charge in [-0.3, -0.25) is 0 Å². The third kappa shape index (κ3) is 3.99. The summed E-state index contributed by atoms with van der Waals surface area (Å²) in [6, 6.07) is 5.87. The van der Waals surface area contributed by atoms with Crippen molar-refractivity contribution < 1.29 is 14.6 Å². The van der Waals surface area contributed by atoms with Crippen LogP contribution in [0.1, 0.15) is 25.8 Å². The van der Waals surface area contributed by atoms with Crippen LogP contribution in [0.4, 0.5) is 5.69 Å². The molecule has 0 radical (unpaired) electrons. The molecule has 5 heteroatoms. The van der Waals surface area contributed by atoms with Gasteiger partial charge in [0.1, 0.15) is 0 Å². The van der Waals surface area contributed by atoms with Crippen LogP contribution in [0, 0.1) is 0 Å². The lowest BCUT2D eigenvalue weighted by molar-refractivity contribution is -0.131. The van der Waals surface area contributed by atoms with Crippen LogP contribution in [0.5, 0.6) is 0 Å². The highest BCUT2D eigenvalue weighted by Gasteiger charge is 2.26. The Morgan fingerprint density at radius 1 is 1.57 bits per heavy atom. The van der Waals surface area contributed by atoms with E-state index in [9.17, 15) is 4.79 Å². The molecule has 1 aliphatic heterocycles. The zero-order valence-electron chi connectivity index (χ0n) is 12.3. The number of morpholine rings is 1. The number of benzene rings is 1. The molecule has 0 aliphatic carbocycles. The Labute approximate surface area is 130 Å². The van der Waals surface area contributed by atoms with E-state index >= 15 is 0 Å². The third-order valence-electron chi connectivity index (χ3n) is 3.64. The Bertz CT molecular complexity index is 544. The molecule has 1 aliphatic rings. The van der Waals surface area contributed by atoms with E-state index in [1.54, 1.807) is 12.1 Å². The minimum absolute atomic E-state index is 0.153. The first-order chi connectivity index (χ1) is 10.0. The van der Waals surface area contributed by atoms with E-state index in [1.807, 2.05) is 19.1 Å². The Kier molecular flexibility index (Phi) is 5.26.